The summed E-state index contributed by atoms with van der Waals surface area (Å²) in [5, 5.41) is 18.6. The van der Waals surface area contributed by atoms with Gasteiger partial charge in [-0.05, 0) is 37.5 Å². The molecular formula is C11H18O2. The first-order valence-corrected chi connectivity index (χ1v) is 5.22. The van der Waals surface area contributed by atoms with Gasteiger partial charge in [-0.1, -0.05) is 12.2 Å². The first kappa shape index (κ1) is 9.22. The Morgan fingerprint density at radius 3 is 1.85 bits per heavy atom. The average Bonchev–Trinajstić information content (AvgIpc) is 2.71. The van der Waals surface area contributed by atoms with Gasteiger partial charge in [0.2, 0.25) is 0 Å². The van der Waals surface area contributed by atoms with Gasteiger partial charge < -0.3 is 10.2 Å². The Kier molecular flexibility index (Phi) is 2.43. The summed E-state index contributed by atoms with van der Waals surface area (Å²) in [4.78, 5) is 0. The summed E-state index contributed by atoms with van der Waals surface area (Å²) in [6.45, 7) is 0.331. The largest absolute Gasteiger partial charge is 0.396 e. The molecule has 0 aliphatic heterocycles. The van der Waals surface area contributed by atoms with E-state index in [9.17, 15) is 10.2 Å². The lowest BCUT2D eigenvalue weighted by molar-refractivity contribution is 0.111. The Morgan fingerprint density at radius 2 is 1.46 bits per heavy atom. The van der Waals surface area contributed by atoms with Crippen LogP contribution in [0.2, 0.25) is 0 Å². The van der Waals surface area contributed by atoms with E-state index in [1.807, 2.05) is 0 Å². The molecule has 0 aromatic carbocycles. The van der Waals surface area contributed by atoms with Crippen LogP contribution in [0, 0.1) is 17.3 Å². The second-order valence-corrected chi connectivity index (χ2v) is 4.39. The van der Waals surface area contributed by atoms with Crippen molar-refractivity contribution in [3.63, 3.8) is 0 Å². The predicted octanol–water partition coefficient (Wildman–Crippen LogP) is 1.33. The van der Waals surface area contributed by atoms with Crippen LogP contribution < -0.4 is 0 Å². The molecule has 0 aromatic rings. The van der Waals surface area contributed by atoms with E-state index < -0.39 is 0 Å². The van der Waals surface area contributed by atoms with Crippen molar-refractivity contribution in [1.29, 1.82) is 0 Å². The smallest absolute Gasteiger partial charge is 0.0514 e. The standard InChI is InChI=1S/C11H18O2/c12-7-11(8-13)9-5-3-1-2-4-6-10(9)11/h1-2,9-10,12-13H,3-8H2/b2-1-/t9-,10+. The highest BCUT2D eigenvalue weighted by molar-refractivity contribution is 5.11. The van der Waals surface area contributed by atoms with Crippen LogP contribution in [-0.4, -0.2) is 23.4 Å². The molecule has 0 saturated heterocycles. The van der Waals surface area contributed by atoms with E-state index >= 15 is 0 Å². The highest BCUT2D eigenvalue weighted by atomic mass is 16.3. The molecule has 0 aromatic heterocycles. The summed E-state index contributed by atoms with van der Waals surface area (Å²) in [6, 6.07) is 0. The van der Waals surface area contributed by atoms with E-state index in [1.54, 1.807) is 0 Å². The number of fused-ring (bicyclic) bond motifs is 1. The molecule has 2 N–H and O–H groups in total. The molecule has 1 saturated carbocycles. The minimum atomic E-state index is -0.119. The summed E-state index contributed by atoms with van der Waals surface area (Å²) in [5.41, 5.74) is -0.119. The minimum Gasteiger partial charge on any atom is -0.396 e. The number of hydrogen-bond acceptors (Lipinski definition) is 2. The third kappa shape index (κ3) is 1.32. The Hall–Kier alpha value is -0.340. The van der Waals surface area contributed by atoms with E-state index in [0.29, 0.717) is 11.8 Å². The lowest BCUT2D eigenvalue weighted by Crippen LogP contribution is -2.16. The van der Waals surface area contributed by atoms with Crippen LogP contribution in [0.1, 0.15) is 25.7 Å². The maximum absolute atomic E-state index is 9.29. The fraction of sp³-hybridized carbons (Fsp3) is 0.818. The van der Waals surface area contributed by atoms with Crippen LogP contribution >= 0.6 is 0 Å². The van der Waals surface area contributed by atoms with Crippen molar-refractivity contribution in [2.24, 2.45) is 17.3 Å². The summed E-state index contributed by atoms with van der Waals surface area (Å²) in [5.74, 6) is 1.15. The topological polar surface area (TPSA) is 40.5 Å². The molecule has 0 bridgehead atoms. The molecule has 13 heavy (non-hydrogen) atoms. The van der Waals surface area contributed by atoms with Gasteiger partial charge in [0.15, 0.2) is 0 Å². The zero-order valence-corrected chi connectivity index (χ0v) is 7.95. The average molecular weight is 182 g/mol. The summed E-state index contributed by atoms with van der Waals surface area (Å²) in [6.07, 6.45) is 8.97. The van der Waals surface area contributed by atoms with E-state index in [2.05, 4.69) is 12.2 Å². The van der Waals surface area contributed by atoms with Gasteiger partial charge in [0.25, 0.3) is 0 Å². The number of rotatable bonds is 2. The van der Waals surface area contributed by atoms with Crippen molar-refractivity contribution >= 4 is 0 Å². The molecule has 0 unspecified atom stereocenters. The third-order valence-corrected chi connectivity index (χ3v) is 3.90. The molecule has 74 valence electrons. The molecule has 2 aliphatic carbocycles. The van der Waals surface area contributed by atoms with E-state index in [0.717, 1.165) is 25.7 Å². The minimum absolute atomic E-state index is 0.119. The SMILES string of the molecule is OCC1(CO)[C@@H]2CC/C=C\CC[C@@H]21. The van der Waals surface area contributed by atoms with Crippen molar-refractivity contribution in [3.05, 3.63) is 12.2 Å². The van der Waals surface area contributed by atoms with Gasteiger partial charge in [0.05, 0.1) is 13.2 Å². The second-order valence-electron chi connectivity index (χ2n) is 4.39. The number of aliphatic hydroxyl groups is 2. The Bertz CT molecular complexity index is 188. The molecule has 0 heterocycles. The molecule has 2 aliphatic rings. The second kappa shape index (κ2) is 3.43. The first-order valence-electron chi connectivity index (χ1n) is 5.22. The van der Waals surface area contributed by atoms with Gasteiger partial charge in [-0.3, -0.25) is 0 Å². The predicted molar refractivity (Wildman–Crippen MR) is 51.2 cm³/mol. The summed E-state index contributed by atoms with van der Waals surface area (Å²) < 4.78 is 0. The lowest BCUT2D eigenvalue weighted by Gasteiger charge is -2.10. The first-order chi connectivity index (χ1) is 6.35. The van der Waals surface area contributed by atoms with Gasteiger partial charge >= 0.3 is 0 Å². The van der Waals surface area contributed by atoms with E-state index in [1.165, 1.54) is 0 Å². The van der Waals surface area contributed by atoms with Gasteiger partial charge in [-0.25, -0.2) is 0 Å². The molecule has 2 nitrogen and oxygen atoms in total. The van der Waals surface area contributed by atoms with Crippen LogP contribution in [0.5, 0.6) is 0 Å². The van der Waals surface area contributed by atoms with Crippen LogP contribution in [-0.2, 0) is 0 Å². The maximum atomic E-state index is 9.29. The monoisotopic (exact) mass is 182 g/mol. The highest BCUT2D eigenvalue weighted by Gasteiger charge is 2.62. The zero-order valence-electron chi connectivity index (χ0n) is 7.95. The van der Waals surface area contributed by atoms with Crippen molar-refractivity contribution < 1.29 is 10.2 Å². The zero-order chi connectivity index (χ0) is 9.31. The number of hydrogen-bond donors (Lipinski definition) is 2. The lowest BCUT2D eigenvalue weighted by atomic mass is 10.0. The molecular weight excluding hydrogens is 164 g/mol. The Balaban J connectivity index is 2.05. The maximum Gasteiger partial charge on any atom is 0.0514 e. The Morgan fingerprint density at radius 1 is 1.00 bits per heavy atom. The van der Waals surface area contributed by atoms with Gasteiger partial charge in [-0.15, -0.1) is 0 Å². The van der Waals surface area contributed by atoms with Crippen LogP contribution in [0.3, 0.4) is 0 Å². The molecule has 2 atom stereocenters. The van der Waals surface area contributed by atoms with Crippen LogP contribution in [0.4, 0.5) is 0 Å². The van der Waals surface area contributed by atoms with Crippen molar-refractivity contribution in [2.75, 3.05) is 13.2 Å². The van der Waals surface area contributed by atoms with Gasteiger partial charge in [0, 0.05) is 5.41 Å². The summed E-state index contributed by atoms with van der Waals surface area (Å²) >= 11 is 0. The van der Waals surface area contributed by atoms with E-state index in [4.69, 9.17) is 0 Å². The quantitative estimate of drug-likeness (QED) is 0.633. The van der Waals surface area contributed by atoms with Crippen LogP contribution in [0.15, 0.2) is 12.2 Å². The van der Waals surface area contributed by atoms with Gasteiger partial charge in [0.1, 0.15) is 0 Å². The number of aliphatic hydroxyl groups excluding tert-OH is 2. The Labute approximate surface area is 79.3 Å². The highest BCUT2D eigenvalue weighted by Crippen LogP contribution is 2.62. The van der Waals surface area contributed by atoms with Gasteiger partial charge in [-0.2, -0.15) is 0 Å². The molecule has 0 spiro atoms. The third-order valence-electron chi connectivity index (χ3n) is 3.90. The van der Waals surface area contributed by atoms with Crippen LogP contribution in [0.25, 0.3) is 0 Å². The van der Waals surface area contributed by atoms with Crippen molar-refractivity contribution in [2.45, 2.75) is 25.7 Å². The molecule has 1 fully saturated rings. The molecule has 0 radical (unpaired) electrons. The van der Waals surface area contributed by atoms with Crippen molar-refractivity contribution in [3.8, 4) is 0 Å². The van der Waals surface area contributed by atoms with Crippen molar-refractivity contribution in [1.82, 2.24) is 0 Å². The molecule has 2 heteroatoms. The fourth-order valence-electron chi connectivity index (χ4n) is 2.95. The normalized spacial score (nSPS) is 38.6. The fourth-order valence-corrected chi connectivity index (χ4v) is 2.95. The van der Waals surface area contributed by atoms with E-state index in [-0.39, 0.29) is 18.6 Å². The summed E-state index contributed by atoms with van der Waals surface area (Å²) in [7, 11) is 0. The molecule has 0 amide bonds. The number of allylic oxidation sites excluding steroid dienone is 2. The molecule has 2 rings (SSSR count).